The van der Waals surface area contributed by atoms with Crippen LogP contribution >= 0.6 is 0 Å². The molecule has 3 rings (SSSR count). The van der Waals surface area contributed by atoms with Crippen molar-refractivity contribution in [3.05, 3.63) is 57.6 Å². The van der Waals surface area contributed by atoms with Gasteiger partial charge in [-0.05, 0) is 57.8 Å². The molecule has 2 N–H and O–H groups in total. The number of phenolic OH excluding ortho intramolecular Hbond substituents is 2. The van der Waals surface area contributed by atoms with Crippen molar-refractivity contribution in [1.29, 1.82) is 0 Å². The number of nitrogens with zero attached hydrogens (tertiary/aromatic N) is 2. The van der Waals surface area contributed by atoms with Crippen molar-refractivity contribution in [1.82, 2.24) is 0 Å². The average molecular weight is 733 g/mol. The van der Waals surface area contributed by atoms with E-state index in [1.165, 1.54) is 11.1 Å². The van der Waals surface area contributed by atoms with Gasteiger partial charge in [-0.25, -0.2) is 0 Å². The Morgan fingerprint density at radius 1 is 0.571 bits per heavy atom. The molecule has 1 fully saturated rings. The van der Waals surface area contributed by atoms with Crippen LogP contribution in [0, 0.1) is 0 Å². The van der Waals surface area contributed by atoms with Crippen LogP contribution in [0.4, 0.5) is 0 Å². The summed E-state index contributed by atoms with van der Waals surface area (Å²) in [7, 11) is 0. The summed E-state index contributed by atoms with van der Waals surface area (Å²) in [6.45, 7) is 26.0. The molecule has 2 atom stereocenters. The van der Waals surface area contributed by atoms with E-state index in [-0.39, 0.29) is 74.5 Å². The number of halogens is 1. The predicted octanol–water partition coefficient (Wildman–Crippen LogP) is 6.14. The summed E-state index contributed by atoms with van der Waals surface area (Å²) in [5.41, 5.74) is 5.39. The fourth-order valence-electron chi connectivity index (χ4n) is 5.31. The number of aromatic hydroxyl groups is 2. The Kier molecular flexibility index (Phi) is 13.0. The number of aliphatic imine (C=N–C) groups is 2. The van der Waals surface area contributed by atoms with Crippen molar-refractivity contribution < 1.29 is 51.0 Å². The van der Waals surface area contributed by atoms with Crippen molar-refractivity contribution in [3.63, 3.8) is 0 Å². The monoisotopic (exact) mass is 732 g/mol. The number of benzene rings is 2. The second-order valence-electron chi connectivity index (χ2n) is 15.9. The van der Waals surface area contributed by atoms with E-state index in [0.717, 1.165) is 47.9 Å². The number of hydrogen-bond donors (Lipinski definition) is 2. The Morgan fingerprint density at radius 2 is 0.881 bits per heavy atom. The van der Waals surface area contributed by atoms with Gasteiger partial charge in [-0.1, -0.05) is 108 Å². The molecule has 2 aromatic rings. The van der Waals surface area contributed by atoms with E-state index in [1.54, 1.807) is 0 Å². The standard InChI is InChI=1S/C36H54N2O2.Co.HI/c1-33(2,3)25-17-23(31(39)27(19-25)35(7,8)9)21-37-29-15-13-14-16-30(29)38-22-24-18-26(34(4,5)6)20-28(32(24)40)36(10,11)12;;/h17-22,29-30,39-40H,13-16H2,1-12H3;;1H/p-1/t29-,30-;;/m1../s1. The van der Waals surface area contributed by atoms with Gasteiger partial charge in [0, 0.05) is 51.5 Å². The Balaban J connectivity index is 0.00000441. The molecule has 4 nitrogen and oxygen atoms in total. The molecule has 1 aliphatic carbocycles. The second kappa shape index (κ2) is 14.1. The van der Waals surface area contributed by atoms with Crippen LogP contribution in [0.3, 0.4) is 0 Å². The van der Waals surface area contributed by atoms with Crippen LogP contribution in [0.5, 0.6) is 11.5 Å². The van der Waals surface area contributed by atoms with Crippen molar-refractivity contribution >= 4 is 12.4 Å². The van der Waals surface area contributed by atoms with Gasteiger partial charge in [0.15, 0.2) is 0 Å². The Bertz CT molecular complexity index is 1170. The van der Waals surface area contributed by atoms with Crippen LogP contribution in [-0.4, -0.2) is 34.7 Å². The molecule has 42 heavy (non-hydrogen) atoms. The summed E-state index contributed by atoms with van der Waals surface area (Å²) in [6, 6.07) is 8.53. The van der Waals surface area contributed by atoms with Crippen LogP contribution in [0.25, 0.3) is 0 Å². The Morgan fingerprint density at radius 3 is 1.14 bits per heavy atom. The smallest absolute Gasteiger partial charge is 0.128 e. The summed E-state index contributed by atoms with van der Waals surface area (Å²) in [5.74, 6) is 0.637. The van der Waals surface area contributed by atoms with Gasteiger partial charge in [-0.3, -0.25) is 9.98 Å². The summed E-state index contributed by atoms with van der Waals surface area (Å²) in [6.07, 6.45) is 7.90. The first-order valence-corrected chi connectivity index (χ1v) is 15.0. The molecular formula is C36H54CoIN2O2-. The largest absolute Gasteiger partial charge is 1.00 e. The molecule has 0 aromatic heterocycles. The zero-order chi connectivity index (χ0) is 30.3. The minimum Gasteiger partial charge on any atom is -1.00 e. The number of phenols is 2. The third kappa shape index (κ3) is 9.56. The third-order valence-corrected chi connectivity index (χ3v) is 8.13. The zero-order valence-electron chi connectivity index (χ0n) is 27.9. The molecule has 237 valence electrons. The maximum Gasteiger partial charge on any atom is 0.128 e. The average Bonchev–Trinajstić information content (AvgIpc) is 2.80. The van der Waals surface area contributed by atoms with Gasteiger partial charge in [0.2, 0.25) is 0 Å². The van der Waals surface area contributed by atoms with Crippen LogP contribution < -0.4 is 24.0 Å². The maximum atomic E-state index is 11.2. The van der Waals surface area contributed by atoms with E-state index in [4.69, 9.17) is 9.98 Å². The quantitative estimate of drug-likeness (QED) is 0.294. The van der Waals surface area contributed by atoms with E-state index < -0.39 is 0 Å². The normalized spacial score (nSPS) is 18.7. The summed E-state index contributed by atoms with van der Waals surface area (Å²) < 4.78 is 0. The van der Waals surface area contributed by atoms with Crippen molar-refractivity contribution in [2.24, 2.45) is 9.98 Å². The van der Waals surface area contributed by atoms with E-state index in [2.05, 4.69) is 107 Å². The fraction of sp³-hybridized carbons (Fsp3) is 0.611. The molecule has 0 saturated heterocycles. The first-order chi connectivity index (χ1) is 18.2. The maximum absolute atomic E-state index is 11.2. The van der Waals surface area contributed by atoms with Crippen molar-refractivity contribution in [2.45, 2.75) is 143 Å². The van der Waals surface area contributed by atoms with Gasteiger partial charge in [-0.2, -0.15) is 0 Å². The van der Waals surface area contributed by atoms with E-state index in [1.807, 2.05) is 12.4 Å². The first-order valence-electron chi connectivity index (χ1n) is 15.0. The third-order valence-electron chi connectivity index (χ3n) is 8.13. The first kappa shape index (κ1) is 38.6. The minimum atomic E-state index is -0.179. The second-order valence-corrected chi connectivity index (χ2v) is 15.9. The Hall–Kier alpha value is -1.38. The van der Waals surface area contributed by atoms with Crippen molar-refractivity contribution in [2.75, 3.05) is 0 Å². The van der Waals surface area contributed by atoms with Crippen LogP contribution in [-0.2, 0) is 38.4 Å². The molecule has 1 aliphatic rings. The molecule has 0 aliphatic heterocycles. The summed E-state index contributed by atoms with van der Waals surface area (Å²) in [5, 5.41) is 22.5. The SMILES string of the molecule is CC(C)(C)c1cc(C=N[C@@H]2CCCC[C@H]2N=Cc2cc(C(C)(C)C)cc(C(C)(C)C)c2O)c(O)c(C(C)(C)C)c1.[Co].[I-]. The number of hydrogen-bond acceptors (Lipinski definition) is 4. The van der Waals surface area contributed by atoms with Crippen LogP contribution in [0.1, 0.15) is 142 Å². The molecule has 0 unspecified atom stereocenters. The predicted molar refractivity (Wildman–Crippen MR) is 172 cm³/mol. The summed E-state index contributed by atoms with van der Waals surface area (Å²) >= 11 is 0. The molecular weight excluding hydrogens is 678 g/mol. The molecule has 1 radical (unpaired) electrons. The fourth-order valence-corrected chi connectivity index (χ4v) is 5.31. The molecule has 1 saturated carbocycles. The van der Waals surface area contributed by atoms with Gasteiger partial charge in [0.1, 0.15) is 11.5 Å². The van der Waals surface area contributed by atoms with Gasteiger partial charge in [0.05, 0.1) is 12.1 Å². The molecule has 6 heteroatoms. The topological polar surface area (TPSA) is 65.2 Å². The van der Waals surface area contributed by atoms with Crippen LogP contribution in [0.2, 0.25) is 0 Å². The van der Waals surface area contributed by atoms with Crippen molar-refractivity contribution in [3.8, 4) is 11.5 Å². The van der Waals surface area contributed by atoms with Gasteiger partial charge in [0.25, 0.3) is 0 Å². The molecule has 0 spiro atoms. The number of rotatable bonds is 4. The van der Waals surface area contributed by atoms with Gasteiger partial charge in [-0.15, -0.1) is 0 Å². The van der Waals surface area contributed by atoms with E-state index in [9.17, 15) is 10.2 Å². The minimum absolute atomic E-state index is 0. The van der Waals surface area contributed by atoms with Gasteiger partial charge >= 0.3 is 0 Å². The molecule has 0 amide bonds. The molecule has 2 aromatic carbocycles. The summed E-state index contributed by atoms with van der Waals surface area (Å²) in [4.78, 5) is 10.1. The van der Waals surface area contributed by atoms with Crippen LogP contribution in [0.15, 0.2) is 34.3 Å². The van der Waals surface area contributed by atoms with E-state index in [0.29, 0.717) is 11.5 Å². The molecule has 0 bridgehead atoms. The molecule has 0 heterocycles. The van der Waals surface area contributed by atoms with Gasteiger partial charge < -0.3 is 34.2 Å². The Labute approximate surface area is 283 Å². The zero-order valence-corrected chi connectivity index (χ0v) is 31.1. The van der Waals surface area contributed by atoms with E-state index >= 15 is 0 Å².